The SMILES string of the molecule is COc1ccc(S(=O)(=O)N(CC(=O)N(Cc2ccccc2)[C@H](Cc2ccccc2)C(=O)NC2CCCC2)c2ccc(F)cc2)cc1OC. The molecule has 1 aliphatic carbocycles. The third-order valence-corrected chi connectivity index (χ3v) is 10.3. The Labute approximate surface area is 281 Å². The Hall–Kier alpha value is -4.90. The van der Waals surface area contributed by atoms with E-state index >= 15 is 0 Å². The summed E-state index contributed by atoms with van der Waals surface area (Å²) >= 11 is 0. The Morgan fingerprint density at radius 2 is 1.44 bits per heavy atom. The summed E-state index contributed by atoms with van der Waals surface area (Å²) in [5.74, 6) is -0.959. The first-order valence-corrected chi connectivity index (χ1v) is 17.3. The molecule has 1 atom stereocenters. The van der Waals surface area contributed by atoms with Crippen molar-refractivity contribution in [2.24, 2.45) is 0 Å². The first kappa shape index (κ1) is 34.4. The van der Waals surface area contributed by atoms with Crippen molar-refractivity contribution in [3.05, 3.63) is 120 Å². The van der Waals surface area contributed by atoms with E-state index in [1.54, 1.807) is 0 Å². The van der Waals surface area contributed by atoms with Crippen molar-refractivity contribution < 1.29 is 31.9 Å². The van der Waals surface area contributed by atoms with E-state index in [2.05, 4.69) is 5.32 Å². The zero-order valence-electron chi connectivity index (χ0n) is 27.0. The van der Waals surface area contributed by atoms with Gasteiger partial charge in [-0.1, -0.05) is 73.5 Å². The van der Waals surface area contributed by atoms with Gasteiger partial charge >= 0.3 is 0 Å². The second kappa shape index (κ2) is 15.8. The Bertz CT molecular complexity index is 1780. The van der Waals surface area contributed by atoms with Crippen molar-refractivity contribution in [2.45, 2.75) is 55.6 Å². The van der Waals surface area contributed by atoms with Crippen molar-refractivity contribution in [3.8, 4) is 11.5 Å². The first-order valence-electron chi connectivity index (χ1n) is 15.9. The van der Waals surface area contributed by atoms with Crippen LogP contribution in [0, 0.1) is 5.82 Å². The molecular formula is C37H40FN3O6S. The summed E-state index contributed by atoms with van der Waals surface area (Å²) in [6.07, 6.45) is 3.97. The third-order valence-electron chi connectivity index (χ3n) is 8.50. The maximum absolute atomic E-state index is 14.6. The summed E-state index contributed by atoms with van der Waals surface area (Å²) in [5, 5.41) is 3.16. The van der Waals surface area contributed by atoms with Crippen molar-refractivity contribution in [1.29, 1.82) is 0 Å². The molecule has 0 heterocycles. The van der Waals surface area contributed by atoms with Gasteiger partial charge in [0.25, 0.3) is 10.0 Å². The van der Waals surface area contributed by atoms with Crippen LogP contribution in [-0.4, -0.2) is 58.0 Å². The largest absolute Gasteiger partial charge is 0.493 e. The number of carbonyl (C=O) groups excluding carboxylic acids is 2. The van der Waals surface area contributed by atoms with Crippen LogP contribution in [0.25, 0.3) is 0 Å². The summed E-state index contributed by atoms with van der Waals surface area (Å²) in [5.41, 5.74) is 1.70. The van der Waals surface area contributed by atoms with E-state index in [4.69, 9.17) is 9.47 Å². The smallest absolute Gasteiger partial charge is 0.264 e. The molecule has 0 saturated heterocycles. The van der Waals surface area contributed by atoms with Crippen LogP contribution in [0.1, 0.15) is 36.8 Å². The van der Waals surface area contributed by atoms with Crippen LogP contribution in [0.3, 0.4) is 0 Å². The normalized spacial score (nSPS) is 13.8. The first-order chi connectivity index (χ1) is 23.2. The van der Waals surface area contributed by atoms with Crippen LogP contribution >= 0.6 is 0 Å². The fourth-order valence-electron chi connectivity index (χ4n) is 5.94. The lowest BCUT2D eigenvalue weighted by molar-refractivity contribution is -0.140. The van der Waals surface area contributed by atoms with E-state index in [1.165, 1.54) is 49.5 Å². The van der Waals surface area contributed by atoms with Gasteiger partial charge in [0.1, 0.15) is 18.4 Å². The highest BCUT2D eigenvalue weighted by atomic mass is 32.2. The van der Waals surface area contributed by atoms with Crippen LogP contribution in [0.15, 0.2) is 108 Å². The van der Waals surface area contributed by atoms with E-state index in [0.29, 0.717) is 5.75 Å². The number of rotatable bonds is 14. The number of nitrogens with zero attached hydrogens (tertiary/aromatic N) is 2. The van der Waals surface area contributed by atoms with Crippen LogP contribution in [-0.2, 0) is 32.6 Å². The zero-order chi connectivity index (χ0) is 34.1. The molecule has 1 N–H and O–H groups in total. The molecule has 0 radical (unpaired) electrons. The number of hydrogen-bond donors (Lipinski definition) is 1. The lowest BCUT2D eigenvalue weighted by atomic mass is 10.0. The van der Waals surface area contributed by atoms with E-state index < -0.39 is 34.3 Å². The van der Waals surface area contributed by atoms with Crippen LogP contribution < -0.4 is 19.1 Å². The molecule has 0 spiro atoms. The van der Waals surface area contributed by atoms with Gasteiger partial charge in [0.05, 0.1) is 24.8 Å². The lowest BCUT2D eigenvalue weighted by Gasteiger charge is -2.34. The maximum atomic E-state index is 14.6. The molecule has 11 heteroatoms. The Balaban J connectivity index is 1.57. The van der Waals surface area contributed by atoms with E-state index in [0.717, 1.165) is 53.2 Å². The van der Waals surface area contributed by atoms with Gasteiger partial charge in [-0.2, -0.15) is 0 Å². The number of hydrogen-bond acceptors (Lipinski definition) is 6. The number of benzene rings is 4. The van der Waals surface area contributed by atoms with Crippen molar-refractivity contribution in [3.63, 3.8) is 0 Å². The van der Waals surface area contributed by atoms with Gasteiger partial charge in [0.2, 0.25) is 11.8 Å². The number of sulfonamides is 1. The number of halogens is 1. The third kappa shape index (κ3) is 8.32. The maximum Gasteiger partial charge on any atom is 0.264 e. The molecule has 0 aromatic heterocycles. The molecule has 1 aliphatic rings. The molecule has 252 valence electrons. The van der Waals surface area contributed by atoms with Crippen molar-refractivity contribution >= 4 is 27.5 Å². The molecule has 2 amide bonds. The predicted molar refractivity (Wildman–Crippen MR) is 182 cm³/mol. The number of ether oxygens (including phenoxy) is 2. The molecule has 0 aliphatic heterocycles. The minimum atomic E-state index is -4.42. The zero-order valence-corrected chi connectivity index (χ0v) is 27.9. The molecule has 1 fully saturated rings. The fraction of sp³-hybridized carbons (Fsp3) is 0.297. The minimum Gasteiger partial charge on any atom is -0.493 e. The number of carbonyl (C=O) groups is 2. The summed E-state index contributed by atoms with van der Waals surface area (Å²) in [6, 6.07) is 26.7. The summed E-state index contributed by atoms with van der Waals surface area (Å²) in [7, 11) is -1.60. The van der Waals surface area contributed by atoms with Crippen LogP contribution in [0.5, 0.6) is 11.5 Å². The Kier molecular flexibility index (Phi) is 11.3. The van der Waals surface area contributed by atoms with Gasteiger partial charge in [-0.3, -0.25) is 13.9 Å². The highest BCUT2D eigenvalue weighted by Crippen LogP contribution is 2.32. The Morgan fingerprint density at radius 3 is 2.04 bits per heavy atom. The van der Waals surface area contributed by atoms with Gasteiger partial charge in [-0.05, 0) is 60.4 Å². The second-order valence-corrected chi connectivity index (χ2v) is 13.6. The summed E-state index contributed by atoms with van der Waals surface area (Å²) in [4.78, 5) is 30.0. The molecule has 1 saturated carbocycles. The summed E-state index contributed by atoms with van der Waals surface area (Å²) in [6.45, 7) is -0.597. The molecule has 0 bridgehead atoms. The number of anilines is 1. The minimum absolute atomic E-state index is 0.00518. The number of methoxy groups -OCH3 is 2. The number of amides is 2. The summed E-state index contributed by atoms with van der Waals surface area (Å²) < 4.78 is 54.2. The average Bonchev–Trinajstić information content (AvgIpc) is 3.62. The Morgan fingerprint density at radius 1 is 0.833 bits per heavy atom. The van der Waals surface area contributed by atoms with Gasteiger partial charge in [0, 0.05) is 25.1 Å². The highest BCUT2D eigenvalue weighted by Gasteiger charge is 2.36. The second-order valence-electron chi connectivity index (χ2n) is 11.7. The molecule has 9 nitrogen and oxygen atoms in total. The topological polar surface area (TPSA) is 105 Å². The standard InChI is InChI=1S/C37H40FN3O6S/c1-46-34-22-21-32(24-35(34)47-2)48(44,45)41(31-19-17-29(38)18-20-31)26-36(42)40(25-28-13-7-4-8-14-28)33(23-27-11-5-3-6-12-27)37(43)39-30-15-9-10-16-30/h3-8,11-14,17-22,24,30,33H,9-10,15-16,23,25-26H2,1-2H3,(H,39,43)/t33-/m1/s1. The van der Waals surface area contributed by atoms with Crippen LogP contribution in [0.4, 0.5) is 10.1 Å². The van der Waals surface area contributed by atoms with Crippen LogP contribution in [0.2, 0.25) is 0 Å². The van der Waals surface area contributed by atoms with Gasteiger partial charge in [-0.15, -0.1) is 0 Å². The van der Waals surface area contributed by atoms with Gasteiger partial charge in [-0.25, -0.2) is 12.8 Å². The molecule has 48 heavy (non-hydrogen) atoms. The molecule has 5 rings (SSSR count). The molecule has 0 unspecified atom stereocenters. The molecular weight excluding hydrogens is 633 g/mol. The van der Waals surface area contributed by atoms with E-state index in [1.807, 2.05) is 60.7 Å². The molecule has 4 aromatic rings. The fourth-order valence-corrected chi connectivity index (χ4v) is 7.37. The van der Waals surface area contributed by atoms with Crippen molar-refractivity contribution in [2.75, 3.05) is 25.1 Å². The molecule has 4 aromatic carbocycles. The van der Waals surface area contributed by atoms with E-state index in [-0.39, 0.29) is 41.2 Å². The monoisotopic (exact) mass is 673 g/mol. The predicted octanol–water partition coefficient (Wildman–Crippen LogP) is 5.74. The highest BCUT2D eigenvalue weighted by molar-refractivity contribution is 7.92. The van der Waals surface area contributed by atoms with E-state index in [9.17, 15) is 22.4 Å². The van der Waals surface area contributed by atoms with Gasteiger partial charge in [0.15, 0.2) is 11.5 Å². The lowest BCUT2D eigenvalue weighted by Crippen LogP contribution is -2.54. The average molecular weight is 674 g/mol. The van der Waals surface area contributed by atoms with Gasteiger partial charge < -0.3 is 19.7 Å². The number of nitrogens with one attached hydrogen (secondary N) is 1. The van der Waals surface area contributed by atoms with Crippen molar-refractivity contribution in [1.82, 2.24) is 10.2 Å². The quantitative estimate of drug-likeness (QED) is 0.183.